The van der Waals surface area contributed by atoms with Gasteiger partial charge in [-0.15, -0.1) is 34.2 Å². The van der Waals surface area contributed by atoms with E-state index in [1.54, 1.807) is 0 Å². The summed E-state index contributed by atoms with van der Waals surface area (Å²) in [6, 6.07) is 0. The van der Waals surface area contributed by atoms with Crippen molar-refractivity contribution in [2.24, 2.45) is 10.4 Å². The summed E-state index contributed by atoms with van der Waals surface area (Å²) in [6.07, 6.45) is 7.80. The van der Waals surface area contributed by atoms with Crippen molar-refractivity contribution in [3.63, 3.8) is 0 Å². The Labute approximate surface area is 148 Å². The van der Waals surface area contributed by atoms with Crippen molar-refractivity contribution in [2.45, 2.75) is 51.6 Å². The Balaban J connectivity index is 0.00000144. The Kier molecular flexibility index (Phi) is 4.61. The summed E-state index contributed by atoms with van der Waals surface area (Å²) in [7, 11) is 1.88. The van der Waals surface area contributed by atoms with Crippen LogP contribution in [0, 0.1) is 5.41 Å². The molecule has 2 fully saturated rings. The Morgan fingerprint density at radius 2 is 2.09 bits per heavy atom. The van der Waals surface area contributed by atoms with Crippen molar-refractivity contribution in [1.29, 1.82) is 0 Å². The zero-order valence-electron chi connectivity index (χ0n) is 13.2. The van der Waals surface area contributed by atoms with Gasteiger partial charge in [-0.05, 0) is 31.1 Å². The number of guanidine groups is 1. The highest BCUT2D eigenvalue weighted by Crippen LogP contribution is 2.47. The monoisotopic (exact) mass is 416 g/mol. The largest absolute Gasteiger partial charge is 0.349 e. The fraction of sp³-hybridized carbons (Fsp3) is 0.800. The van der Waals surface area contributed by atoms with E-state index in [-0.39, 0.29) is 24.0 Å². The van der Waals surface area contributed by atoms with Gasteiger partial charge in [0.15, 0.2) is 11.8 Å². The van der Waals surface area contributed by atoms with Gasteiger partial charge in [-0.1, -0.05) is 6.42 Å². The zero-order chi connectivity index (χ0) is 14.3. The van der Waals surface area contributed by atoms with Crippen molar-refractivity contribution >= 4 is 29.9 Å². The molecule has 0 radical (unpaired) electrons. The minimum absolute atomic E-state index is 0. The Morgan fingerprint density at radius 3 is 2.77 bits per heavy atom. The van der Waals surface area contributed by atoms with Gasteiger partial charge in [0, 0.05) is 33.1 Å². The van der Waals surface area contributed by atoms with Crippen LogP contribution in [0.5, 0.6) is 0 Å². The smallest absolute Gasteiger partial charge is 0.194 e. The summed E-state index contributed by atoms with van der Waals surface area (Å²) < 4.78 is 2.25. The van der Waals surface area contributed by atoms with E-state index in [9.17, 15) is 0 Å². The molecule has 1 N–H and O–H groups in total. The number of hydrogen-bond acceptors (Lipinski definition) is 3. The van der Waals surface area contributed by atoms with Gasteiger partial charge >= 0.3 is 0 Å². The second kappa shape index (κ2) is 6.33. The van der Waals surface area contributed by atoms with E-state index in [1.807, 2.05) is 7.05 Å². The number of nitrogens with zero attached hydrogens (tertiary/aromatic N) is 5. The van der Waals surface area contributed by atoms with E-state index in [0.717, 1.165) is 43.7 Å². The minimum atomic E-state index is 0. The normalized spacial score (nSPS) is 22.4. The van der Waals surface area contributed by atoms with Crippen LogP contribution in [0.15, 0.2) is 4.99 Å². The number of nitrogens with one attached hydrogen (secondary N) is 1. The molecule has 1 aromatic rings. The molecule has 1 saturated heterocycles. The van der Waals surface area contributed by atoms with Crippen LogP contribution in [-0.4, -0.2) is 45.8 Å². The van der Waals surface area contributed by atoms with Gasteiger partial charge in [-0.3, -0.25) is 4.99 Å². The third kappa shape index (κ3) is 2.72. The minimum Gasteiger partial charge on any atom is -0.349 e. The highest BCUT2D eigenvalue weighted by molar-refractivity contribution is 14.0. The maximum atomic E-state index is 4.46. The first kappa shape index (κ1) is 16.0. The van der Waals surface area contributed by atoms with Crippen molar-refractivity contribution in [2.75, 3.05) is 20.1 Å². The Bertz CT molecular complexity index is 562. The van der Waals surface area contributed by atoms with Gasteiger partial charge in [-0.25, -0.2) is 0 Å². The molecule has 0 bridgehead atoms. The zero-order valence-corrected chi connectivity index (χ0v) is 15.5. The van der Waals surface area contributed by atoms with Gasteiger partial charge in [0.2, 0.25) is 0 Å². The topological polar surface area (TPSA) is 58.3 Å². The standard InChI is InChI=1S/C15H24N6.HI/c1-16-14(20-9-7-15(11-20)5-3-6-15)17-10-13-19-18-12-4-2-8-21(12)13;/h2-11H2,1H3,(H,16,17);1H. The summed E-state index contributed by atoms with van der Waals surface area (Å²) in [4.78, 5) is 6.88. The number of halogens is 1. The van der Waals surface area contributed by atoms with Crippen LogP contribution in [0.4, 0.5) is 0 Å². The maximum absolute atomic E-state index is 4.46. The fourth-order valence-electron chi connectivity index (χ4n) is 4.03. The number of likely N-dealkylation sites (tertiary alicyclic amines) is 1. The van der Waals surface area contributed by atoms with E-state index in [4.69, 9.17) is 0 Å². The van der Waals surface area contributed by atoms with Gasteiger partial charge in [0.1, 0.15) is 5.82 Å². The molecule has 1 spiro atoms. The molecule has 22 heavy (non-hydrogen) atoms. The quantitative estimate of drug-likeness (QED) is 0.454. The van der Waals surface area contributed by atoms with E-state index in [0.29, 0.717) is 5.41 Å². The molecule has 3 heterocycles. The van der Waals surface area contributed by atoms with E-state index >= 15 is 0 Å². The van der Waals surface area contributed by atoms with E-state index in [1.165, 1.54) is 38.6 Å². The Morgan fingerprint density at radius 1 is 1.23 bits per heavy atom. The van der Waals surface area contributed by atoms with Crippen molar-refractivity contribution in [3.8, 4) is 0 Å². The molecule has 1 aliphatic carbocycles. The SMILES string of the molecule is CN=C(NCc1nnc2n1CCC2)N1CCC2(CCC2)C1.I. The average molecular weight is 416 g/mol. The lowest BCUT2D eigenvalue weighted by Gasteiger charge is -2.38. The predicted octanol–water partition coefficient (Wildman–Crippen LogP) is 1.79. The molecule has 4 rings (SSSR count). The van der Waals surface area contributed by atoms with Crippen LogP contribution in [0.2, 0.25) is 0 Å². The maximum Gasteiger partial charge on any atom is 0.194 e. The molecule has 0 amide bonds. The third-order valence-electron chi connectivity index (χ3n) is 5.45. The summed E-state index contributed by atoms with van der Waals surface area (Å²) in [6.45, 7) is 4.09. The lowest BCUT2D eigenvalue weighted by atomic mass is 9.68. The van der Waals surface area contributed by atoms with Gasteiger partial charge in [-0.2, -0.15) is 0 Å². The van der Waals surface area contributed by atoms with Crippen molar-refractivity contribution < 1.29 is 0 Å². The molecule has 3 aliphatic rings. The van der Waals surface area contributed by atoms with Gasteiger partial charge in [0.25, 0.3) is 0 Å². The summed E-state index contributed by atoms with van der Waals surface area (Å²) in [5.74, 6) is 3.20. The van der Waals surface area contributed by atoms with Crippen LogP contribution < -0.4 is 5.32 Å². The van der Waals surface area contributed by atoms with Crippen LogP contribution in [0.1, 0.15) is 43.8 Å². The van der Waals surface area contributed by atoms with E-state index in [2.05, 4.69) is 30.0 Å². The molecule has 2 aliphatic heterocycles. The summed E-state index contributed by atoms with van der Waals surface area (Å²) >= 11 is 0. The molecule has 7 heteroatoms. The first-order chi connectivity index (χ1) is 10.3. The molecule has 122 valence electrons. The third-order valence-corrected chi connectivity index (χ3v) is 5.45. The van der Waals surface area contributed by atoms with Crippen LogP contribution in [0.25, 0.3) is 0 Å². The predicted molar refractivity (Wildman–Crippen MR) is 96.4 cm³/mol. The molecule has 0 unspecified atom stereocenters. The van der Waals surface area contributed by atoms with Crippen LogP contribution in [0.3, 0.4) is 0 Å². The lowest BCUT2D eigenvalue weighted by Crippen LogP contribution is -2.42. The molecular formula is C15H25IN6. The molecule has 0 aromatic carbocycles. The van der Waals surface area contributed by atoms with Gasteiger partial charge < -0.3 is 14.8 Å². The van der Waals surface area contributed by atoms with Crippen LogP contribution >= 0.6 is 24.0 Å². The summed E-state index contributed by atoms with van der Waals surface area (Å²) in [5, 5.41) is 12.0. The second-order valence-corrected chi connectivity index (χ2v) is 6.71. The van der Waals surface area contributed by atoms with Crippen molar-refractivity contribution in [3.05, 3.63) is 11.6 Å². The fourth-order valence-corrected chi connectivity index (χ4v) is 4.03. The van der Waals surface area contributed by atoms with E-state index < -0.39 is 0 Å². The first-order valence-electron chi connectivity index (χ1n) is 8.16. The molecular weight excluding hydrogens is 391 g/mol. The first-order valence-corrected chi connectivity index (χ1v) is 8.16. The van der Waals surface area contributed by atoms with Gasteiger partial charge in [0.05, 0.1) is 6.54 Å². The number of aryl methyl sites for hydroxylation is 1. The molecule has 0 atom stereocenters. The second-order valence-electron chi connectivity index (χ2n) is 6.71. The number of hydrogen-bond donors (Lipinski definition) is 1. The lowest BCUT2D eigenvalue weighted by molar-refractivity contribution is 0.151. The highest BCUT2D eigenvalue weighted by atomic mass is 127. The van der Waals surface area contributed by atoms with Crippen LogP contribution in [-0.2, 0) is 19.5 Å². The van der Waals surface area contributed by atoms with Crippen molar-refractivity contribution in [1.82, 2.24) is 25.0 Å². The molecule has 6 nitrogen and oxygen atoms in total. The number of fused-ring (bicyclic) bond motifs is 1. The number of aliphatic imine (C=N–C) groups is 1. The highest BCUT2D eigenvalue weighted by Gasteiger charge is 2.43. The average Bonchev–Trinajstić information content (AvgIpc) is 3.13. The summed E-state index contributed by atoms with van der Waals surface area (Å²) in [5.41, 5.74) is 0.605. The number of aromatic nitrogens is 3. The Hall–Kier alpha value is -0.860. The molecule has 1 saturated carbocycles. The number of rotatable bonds is 2. The molecule has 1 aromatic heterocycles.